The Balaban J connectivity index is 2.59. The molecule has 1 heterocycles. The van der Waals surface area contributed by atoms with E-state index in [-0.39, 0.29) is 0 Å². The number of anilines is 1. The maximum atomic E-state index is 12.0. The molecule has 3 N–H and O–H groups in total. The van der Waals surface area contributed by atoms with Crippen molar-refractivity contribution in [3.63, 3.8) is 0 Å². The molecule has 1 aliphatic rings. The largest absolute Gasteiger partial charge is 0.300 e. The van der Waals surface area contributed by atoms with Gasteiger partial charge in [-0.15, -0.1) is 0 Å². The molecule has 0 spiro atoms. The molecule has 2 amide bonds. The zero-order valence-corrected chi connectivity index (χ0v) is 11.0. The Hall–Kier alpha value is -2.21. The standard InChI is InChI=1S/C13H15N3O3/c1-6-4-7(2)10-9(5-6)11(17)13(19)16(10)8(3)12(18)15-14/h4-5,8H,14H2,1-3H3,(H,15,18). The highest BCUT2D eigenvalue weighted by molar-refractivity contribution is 6.53. The van der Waals surface area contributed by atoms with Gasteiger partial charge in [-0.25, -0.2) is 5.84 Å². The summed E-state index contributed by atoms with van der Waals surface area (Å²) < 4.78 is 0. The van der Waals surface area contributed by atoms with E-state index in [2.05, 4.69) is 0 Å². The summed E-state index contributed by atoms with van der Waals surface area (Å²) in [4.78, 5) is 36.8. The van der Waals surface area contributed by atoms with Gasteiger partial charge in [0.25, 0.3) is 17.6 Å². The van der Waals surface area contributed by atoms with Gasteiger partial charge in [-0.05, 0) is 38.0 Å². The number of benzene rings is 1. The molecule has 0 aliphatic carbocycles. The third-order valence-electron chi connectivity index (χ3n) is 3.25. The topological polar surface area (TPSA) is 92.5 Å². The van der Waals surface area contributed by atoms with E-state index in [1.165, 1.54) is 11.8 Å². The monoisotopic (exact) mass is 261 g/mol. The van der Waals surface area contributed by atoms with Crippen LogP contribution >= 0.6 is 0 Å². The molecule has 0 radical (unpaired) electrons. The van der Waals surface area contributed by atoms with Crippen LogP contribution in [0.15, 0.2) is 12.1 Å². The van der Waals surface area contributed by atoms with E-state index in [9.17, 15) is 14.4 Å². The lowest BCUT2D eigenvalue weighted by molar-refractivity contribution is -0.124. The van der Waals surface area contributed by atoms with Crippen molar-refractivity contribution in [2.45, 2.75) is 26.8 Å². The third-order valence-corrected chi connectivity index (χ3v) is 3.25. The minimum absolute atomic E-state index is 0.346. The Morgan fingerprint density at radius 2 is 1.95 bits per heavy atom. The lowest BCUT2D eigenvalue weighted by Crippen LogP contribution is -2.49. The minimum Gasteiger partial charge on any atom is -0.292 e. The molecule has 0 fully saturated rings. The summed E-state index contributed by atoms with van der Waals surface area (Å²) in [5.41, 5.74) is 4.52. The van der Waals surface area contributed by atoms with Crippen LogP contribution in [0.5, 0.6) is 0 Å². The highest BCUT2D eigenvalue weighted by Gasteiger charge is 2.41. The molecule has 1 aromatic carbocycles. The quantitative estimate of drug-likeness (QED) is 0.344. The highest BCUT2D eigenvalue weighted by Crippen LogP contribution is 2.34. The first-order valence-corrected chi connectivity index (χ1v) is 5.88. The molecule has 0 aromatic heterocycles. The highest BCUT2D eigenvalue weighted by atomic mass is 16.2. The number of nitrogens with zero attached hydrogens (tertiary/aromatic N) is 1. The first-order chi connectivity index (χ1) is 8.88. The van der Waals surface area contributed by atoms with Crippen LogP contribution in [0.1, 0.15) is 28.4 Å². The van der Waals surface area contributed by atoms with Crippen LogP contribution in [0.2, 0.25) is 0 Å². The van der Waals surface area contributed by atoms with Crippen molar-refractivity contribution >= 4 is 23.3 Å². The summed E-state index contributed by atoms with van der Waals surface area (Å²) >= 11 is 0. The molecule has 1 aliphatic heterocycles. The molecule has 6 nitrogen and oxygen atoms in total. The van der Waals surface area contributed by atoms with Crippen LogP contribution < -0.4 is 16.2 Å². The van der Waals surface area contributed by atoms with E-state index >= 15 is 0 Å². The molecule has 2 rings (SSSR count). The van der Waals surface area contributed by atoms with Crippen LogP contribution in [0.4, 0.5) is 5.69 Å². The van der Waals surface area contributed by atoms with Crippen molar-refractivity contribution in [2.75, 3.05) is 4.90 Å². The van der Waals surface area contributed by atoms with Crippen LogP contribution in [0.25, 0.3) is 0 Å². The van der Waals surface area contributed by atoms with E-state index in [1.54, 1.807) is 13.0 Å². The first kappa shape index (κ1) is 13.2. The fourth-order valence-electron chi connectivity index (χ4n) is 2.39. The summed E-state index contributed by atoms with van der Waals surface area (Å²) in [6, 6.07) is 2.70. The molecule has 1 aromatic rings. The number of carbonyl (C=O) groups is 3. The molecule has 0 saturated heterocycles. The summed E-state index contributed by atoms with van der Waals surface area (Å²) in [6.07, 6.45) is 0. The van der Waals surface area contributed by atoms with Gasteiger partial charge in [0.2, 0.25) is 0 Å². The average Bonchev–Trinajstić information content (AvgIpc) is 2.61. The normalized spacial score (nSPS) is 15.5. The van der Waals surface area contributed by atoms with Gasteiger partial charge in [0, 0.05) is 0 Å². The number of amides is 2. The van der Waals surface area contributed by atoms with Crippen molar-refractivity contribution < 1.29 is 14.4 Å². The van der Waals surface area contributed by atoms with E-state index < -0.39 is 23.6 Å². The maximum Gasteiger partial charge on any atom is 0.300 e. The van der Waals surface area contributed by atoms with Gasteiger partial charge in [0.1, 0.15) is 6.04 Å². The summed E-state index contributed by atoms with van der Waals surface area (Å²) in [5.74, 6) is 3.28. The SMILES string of the molecule is Cc1cc(C)c2c(c1)C(=O)C(=O)N2C(C)C(=O)NN. The van der Waals surface area contributed by atoms with Crippen molar-refractivity contribution in [1.82, 2.24) is 5.43 Å². The number of rotatable bonds is 2. The molecule has 19 heavy (non-hydrogen) atoms. The molecule has 0 bridgehead atoms. The summed E-state index contributed by atoms with van der Waals surface area (Å²) in [5, 5.41) is 0. The number of fused-ring (bicyclic) bond motifs is 1. The Labute approximate surface area is 110 Å². The van der Waals surface area contributed by atoms with Crippen molar-refractivity contribution in [3.05, 3.63) is 28.8 Å². The van der Waals surface area contributed by atoms with Crippen molar-refractivity contribution in [3.8, 4) is 0 Å². The molecule has 0 saturated carbocycles. The van der Waals surface area contributed by atoms with Crippen LogP contribution in [-0.4, -0.2) is 23.6 Å². The summed E-state index contributed by atoms with van der Waals surface area (Å²) in [6.45, 7) is 5.18. The second kappa shape index (κ2) is 4.47. The average molecular weight is 261 g/mol. The predicted molar refractivity (Wildman–Crippen MR) is 69.5 cm³/mol. The number of hydrazine groups is 1. The van der Waals surface area contributed by atoms with Gasteiger partial charge < -0.3 is 0 Å². The Bertz CT molecular complexity index is 595. The lowest BCUT2D eigenvalue weighted by Gasteiger charge is -2.24. The Morgan fingerprint density at radius 1 is 1.32 bits per heavy atom. The second-order valence-electron chi connectivity index (χ2n) is 4.67. The van der Waals surface area contributed by atoms with Gasteiger partial charge >= 0.3 is 0 Å². The predicted octanol–water partition coefficient (Wildman–Crippen LogP) is 0.211. The van der Waals surface area contributed by atoms with Gasteiger partial charge in [-0.1, -0.05) is 6.07 Å². The number of nitrogens with two attached hydrogens (primary N) is 1. The third kappa shape index (κ3) is 1.90. The molecule has 6 heteroatoms. The number of nitrogens with one attached hydrogen (secondary N) is 1. The smallest absolute Gasteiger partial charge is 0.292 e. The van der Waals surface area contributed by atoms with E-state index in [0.29, 0.717) is 11.3 Å². The van der Waals surface area contributed by atoms with Crippen LogP contribution in [0, 0.1) is 13.8 Å². The van der Waals surface area contributed by atoms with E-state index in [0.717, 1.165) is 11.1 Å². The molecule has 1 unspecified atom stereocenters. The number of Topliss-reactive ketones (excluding diaryl/α,β-unsaturated/α-hetero) is 1. The Kier molecular flexibility index (Phi) is 3.11. The zero-order valence-electron chi connectivity index (χ0n) is 11.0. The van der Waals surface area contributed by atoms with Gasteiger partial charge in [0.05, 0.1) is 11.3 Å². The van der Waals surface area contributed by atoms with Crippen LogP contribution in [-0.2, 0) is 9.59 Å². The number of ketones is 1. The fraction of sp³-hybridized carbons (Fsp3) is 0.308. The second-order valence-corrected chi connectivity index (χ2v) is 4.67. The number of hydrogen-bond donors (Lipinski definition) is 2. The molecular formula is C13H15N3O3. The van der Waals surface area contributed by atoms with Gasteiger partial charge in [-0.3, -0.25) is 24.7 Å². The van der Waals surface area contributed by atoms with Crippen molar-refractivity contribution in [2.24, 2.45) is 5.84 Å². The Morgan fingerprint density at radius 3 is 2.53 bits per heavy atom. The van der Waals surface area contributed by atoms with Gasteiger partial charge in [0.15, 0.2) is 0 Å². The summed E-state index contributed by atoms with van der Waals surface area (Å²) in [7, 11) is 0. The van der Waals surface area contributed by atoms with E-state index in [1.807, 2.05) is 18.4 Å². The maximum absolute atomic E-state index is 12.0. The zero-order chi connectivity index (χ0) is 14.3. The minimum atomic E-state index is -0.830. The number of aryl methyl sites for hydroxylation is 2. The van der Waals surface area contributed by atoms with E-state index in [4.69, 9.17) is 5.84 Å². The fourth-order valence-corrected chi connectivity index (χ4v) is 2.39. The number of hydrogen-bond acceptors (Lipinski definition) is 4. The lowest BCUT2D eigenvalue weighted by atomic mass is 10.0. The number of carbonyl (C=O) groups excluding carboxylic acids is 3. The van der Waals surface area contributed by atoms with Crippen LogP contribution in [0.3, 0.4) is 0 Å². The van der Waals surface area contributed by atoms with Crippen molar-refractivity contribution in [1.29, 1.82) is 0 Å². The van der Waals surface area contributed by atoms with Gasteiger partial charge in [-0.2, -0.15) is 0 Å². The molecular weight excluding hydrogens is 246 g/mol. The molecule has 100 valence electrons. The molecule has 1 atom stereocenters. The first-order valence-electron chi connectivity index (χ1n) is 5.88.